The number of ketones is 1. The van der Waals surface area contributed by atoms with Crippen LogP contribution in [0.4, 0.5) is 0 Å². The van der Waals surface area contributed by atoms with Gasteiger partial charge >= 0.3 is 11.9 Å². The molecule has 238 valence electrons. The number of benzene rings is 2. The first-order chi connectivity index (χ1) is 22.1. The largest absolute Gasteiger partial charge is 0.490 e. The van der Waals surface area contributed by atoms with E-state index in [0.717, 1.165) is 16.9 Å². The van der Waals surface area contributed by atoms with Gasteiger partial charge in [0.25, 0.3) is 5.56 Å². The fourth-order valence-corrected chi connectivity index (χ4v) is 6.00. The smallest absolute Gasteiger partial charge is 0.343 e. The number of carbonyl (C=O) groups is 3. The van der Waals surface area contributed by atoms with Crippen LogP contribution in [0.2, 0.25) is 0 Å². The predicted molar refractivity (Wildman–Crippen MR) is 170 cm³/mol. The van der Waals surface area contributed by atoms with Crippen molar-refractivity contribution in [1.29, 1.82) is 0 Å². The molecule has 1 aliphatic heterocycles. The summed E-state index contributed by atoms with van der Waals surface area (Å²) in [7, 11) is 1.26. The summed E-state index contributed by atoms with van der Waals surface area (Å²) in [6.45, 7) is 6.82. The van der Waals surface area contributed by atoms with Gasteiger partial charge in [-0.2, -0.15) is 0 Å². The number of allylic oxidation sites excluding steroid dienone is 1. The Morgan fingerprint density at radius 3 is 2.43 bits per heavy atom. The summed E-state index contributed by atoms with van der Waals surface area (Å²) >= 11 is 1.16. The Balaban J connectivity index is 1.59. The second-order valence-corrected chi connectivity index (χ2v) is 11.2. The maximum atomic E-state index is 14.0. The molecule has 5 rings (SSSR count). The zero-order chi connectivity index (χ0) is 33.0. The number of rotatable bonds is 11. The third-order valence-electron chi connectivity index (χ3n) is 7.15. The first-order valence-corrected chi connectivity index (χ1v) is 15.3. The number of methoxy groups -OCH3 is 1. The van der Waals surface area contributed by atoms with Gasteiger partial charge in [-0.05, 0) is 57.5 Å². The van der Waals surface area contributed by atoms with Crippen LogP contribution in [-0.4, -0.2) is 49.2 Å². The fraction of sp³-hybridized carbons (Fsp3) is 0.265. The monoisotopic (exact) mass is 644 g/mol. The Morgan fingerprint density at radius 2 is 1.76 bits per heavy atom. The number of nitrogens with zero attached hydrogens (tertiary/aromatic N) is 2. The minimum Gasteiger partial charge on any atom is -0.490 e. The molecule has 2 aromatic heterocycles. The third-order valence-corrected chi connectivity index (χ3v) is 8.13. The molecule has 0 aliphatic carbocycles. The van der Waals surface area contributed by atoms with Crippen LogP contribution in [0.25, 0.3) is 17.4 Å². The molecule has 0 N–H and O–H groups in total. The van der Waals surface area contributed by atoms with E-state index in [2.05, 4.69) is 9.73 Å². The van der Waals surface area contributed by atoms with Gasteiger partial charge < -0.3 is 23.4 Å². The second kappa shape index (κ2) is 13.8. The first-order valence-electron chi connectivity index (χ1n) is 14.5. The SMILES string of the molecule is CCOC(=O)C1=C(C)N=c2s/c(=C/c3ccc(-c4ccc(C(C)=O)cc4)o3)c(=O)n2[C@H]1c1ccc(OCC(=O)OC)c(OCC)c1. The first kappa shape index (κ1) is 32.2. The average molecular weight is 645 g/mol. The molecular formula is C34H32N2O9S. The van der Waals surface area contributed by atoms with Crippen LogP contribution in [0, 0.1) is 0 Å². The van der Waals surface area contributed by atoms with Crippen LogP contribution in [0.5, 0.6) is 11.5 Å². The Morgan fingerprint density at radius 1 is 1.00 bits per heavy atom. The van der Waals surface area contributed by atoms with E-state index in [9.17, 15) is 19.2 Å². The lowest BCUT2D eigenvalue weighted by Gasteiger charge is -2.25. The van der Waals surface area contributed by atoms with Crippen LogP contribution in [0.15, 0.2) is 80.1 Å². The van der Waals surface area contributed by atoms with Crippen molar-refractivity contribution in [2.24, 2.45) is 4.99 Å². The lowest BCUT2D eigenvalue weighted by molar-refractivity contribution is -0.143. The number of Topliss-reactive ketones (excluding diaryl/α,β-unsaturated/α-hetero) is 1. The van der Waals surface area contributed by atoms with Crippen molar-refractivity contribution in [2.45, 2.75) is 33.7 Å². The second-order valence-electron chi connectivity index (χ2n) is 10.1. The maximum absolute atomic E-state index is 14.0. The van der Waals surface area contributed by atoms with Crippen molar-refractivity contribution in [3.05, 3.63) is 102 Å². The third kappa shape index (κ3) is 6.57. The van der Waals surface area contributed by atoms with E-state index in [1.807, 2.05) is 0 Å². The number of hydrogen-bond donors (Lipinski definition) is 0. The Bertz CT molecular complexity index is 2020. The summed E-state index contributed by atoms with van der Waals surface area (Å²) in [5.41, 5.74) is 2.17. The van der Waals surface area contributed by atoms with Crippen LogP contribution >= 0.6 is 11.3 Å². The van der Waals surface area contributed by atoms with Gasteiger partial charge in [0.15, 0.2) is 28.7 Å². The molecule has 12 heteroatoms. The van der Waals surface area contributed by atoms with E-state index >= 15 is 0 Å². The lowest BCUT2D eigenvalue weighted by atomic mass is 9.95. The quantitative estimate of drug-likeness (QED) is 0.174. The number of furan rings is 1. The van der Waals surface area contributed by atoms with Gasteiger partial charge in [0.1, 0.15) is 11.5 Å². The van der Waals surface area contributed by atoms with Crippen molar-refractivity contribution < 1.29 is 37.7 Å². The molecule has 0 radical (unpaired) electrons. The van der Waals surface area contributed by atoms with E-state index < -0.39 is 18.0 Å². The topological polar surface area (TPSA) is 136 Å². The number of ether oxygens (including phenoxy) is 4. The molecule has 3 heterocycles. The summed E-state index contributed by atoms with van der Waals surface area (Å²) in [4.78, 5) is 55.7. The van der Waals surface area contributed by atoms with Crippen LogP contribution in [0.1, 0.15) is 55.4 Å². The highest BCUT2D eigenvalue weighted by atomic mass is 32.1. The highest BCUT2D eigenvalue weighted by Crippen LogP contribution is 2.36. The zero-order valence-electron chi connectivity index (χ0n) is 25.9. The molecule has 0 fully saturated rings. The predicted octanol–water partition coefficient (Wildman–Crippen LogP) is 4.21. The molecule has 4 aromatic rings. The van der Waals surface area contributed by atoms with Gasteiger partial charge in [-0.3, -0.25) is 14.2 Å². The summed E-state index contributed by atoms with van der Waals surface area (Å²) < 4.78 is 29.3. The number of thiazole rings is 1. The van der Waals surface area contributed by atoms with Crippen LogP contribution in [-0.2, 0) is 19.1 Å². The minimum absolute atomic E-state index is 0.0290. The lowest BCUT2D eigenvalue weighted by Crippen LogP contribution is -2.40. The van der Waals surface area contributed by atoms with E-state index in [-0.39, 0.29) is 30.1 Å². The van der Waals surface area contributed by atoms with Gasteiger partial charge in [0, 0.05) is 17.2 Å². The molecular weight excluding hydrogens is 612 g/mol. The van der Waals surface area contributed by atoms with Crippen molar-refractivity contribution in [1.82, 2.24) is 4.57 Å². The molecule has 0 unspecified atom stereocenters. The zero-order valence-corrected chi connectivity index (χ0v) is 26.8. The van der Waals surface area contributed by atoms with Gasteiger partial charge in [0.05, 0.1) is 42.2 Å². The molecule has 46 heavy (non-hydrogen) atoms. The van der Waals surface area contributed by atoms with Crippen molar-refractivity contribution >= 4 is 35.1 Å². The highest BCUT2D eigenvalue weighted by molar-refractivity contribution is 7.07. The number of esters is 2. The standard InChI is InChI=1S/C34H32N2O9S/c1-6-42-27-16-23(12-14-26(27)44-18-29(38)41-5)31-30(33(40)43-7-2)19(3)35-34-36(31)32(39)28(46-34)17-24-13-15-25(45-24)22-10-8-21(9-11-22)20(4)37/h8-17,31H,6-7,18H2,1-5H3/b28-17+/t31-/m0/s1. The fourth-order valence-electron chi connectivity index (χ4n) is 4.97. The van der Waals surface area contributed by atoms with E-state index in [1.165, 1.54) is 18.6 Å². The van der Waals surface area contributed by atoms with Crippen LogP contribution < -0.4 is 24.4 Å². The summed E-state index contributed by atoms with van der Waals surface area (Å²) in [6.07, 6.45) is 1.63. The molecule has 1 aliphatic rings. The summed E-state index contributed by atoms with van der Waals surface area (Å²) in [5.74, 6) is 0.452. The molecule has 0 bridgehead atoms. The molecule has 0 amide bonds. The van der Waals surface area contributed by atoms with Crippen molar-refractivity contribution in [3.8, 4) is 22.8 Å². The van der Waals surface area contributed by atoms with E-state index in [1.54, 1.807) is 81.4 Å². The Labute approximate surface area is 268 Å². The van der Waals surface area contributed by atoms with E-state index in [4.69, 9.17) is 18.6 Å². The normalized spacial score (nSPS) is 14.4. The highest BCUT2D eigenvalue weighted by Gasteiger charge is 2.34. The van der Waals surface area contributed by atoms with Crippen molar-refractivity contribution in [2.75, 3.05) is 26.9 Å². The maximum Gasteiger partial charge on any atom is 0.343 e. The molecule has 1 atom stereocenters. The van der Waals surface area contributed by atoms with Gasteiger partial charge in [-0.15, -0.1) is 0 Å². The van der Waals surface area contributed by atoms with Crippen LogP contribution in [0.3, 0.4) is 0 Å². The van der Waals surface area contributed by atoms with Gasteiger partial charge in [-0.1, -0.05) is 41.7 Å². The number of fused-ring (bicyclic) bond motifs is 1. The van der Waals surface area contributed by atoms with Gasteiger partial charge in [-0.25, -0.2) is 14.6 Å². The van der Waals surface area contributed by atoms with Crippen molar-refractivity contribution in [3.63, 3.8) is 0 Å². The molecule has 0 saturated carbocycles. The molecule has 0 spiro atoms. The Hall–Kier alpha value is -5.23. The summed E-state index contributed by atoms with van der Waals surface area (Å²) in [5, 5.41) is 0. The minimum atomic E-state index is -0.890. The molecule has 2 aromatic carbocycles. The van der Waals surface area contributed by atoms with E-state index in [0.29, 0.717) is 55.8 Å². The molecule has 0 saturated heterocycles. The average Bonchev–Trinajstić information content (AvgIpc) is 3.63. The number of hydrogen-bond acceptors (Lipinski definition) is 11. The summed E-state index contributed by atoms with van der Waals surface area (Å²) in [6, 6.07) is 14.7. The molecule has 11 nitrogen and oxygen atoms in total. The number of aromatic nitrogens is 1. The number of carbonyl (C=O) groups excluding carboxylic acids is 3. The van der Waals surface area contributed by atoms with Gasteiger partial charge in [0.2, 0.25) is 0 Å². The Kier molecular flexibility index (Phi) is 9.67.